The molecule has 0 radical (unpaired) electrons. The first-order valence-corrected chi connectivity index (χ1v) is 7.04. The minimum absolute atomic E-state index is 0.149. The van der Waals surface area contributed by atoms with E-state index in [1.165, 1.54) is 18.2 Å². The highest BCUT2D eigenvalue weighted by molar-refractivity contribution is 6.19. The number of hydrogen-bond acceptors (Lipinski definition) is 2. The average molecular weight is 286 g/mol. The van der Waals surface area contributed by atoms with Crippen molar-refractivity contribution < 1.29 is 9.59 Å². The zero-order valence-electron chi connectivity index (χ0n) is 11.9. The van der Waals surface area contributed by atoms with Crippen molar-refractivity contribution in [2.24, 2.45) is 0 Å². The van der Waals surface area contributed by atoms with Crippen molar-refractivity contribution in [3.05, 3.63) is 102 Å². The highest BCUT2D eigenvalue weighted by Gasteiger charge is 2.13. The van der Waals surface area contributed by atoms with E-state index in [0.717, 1.165) is 16.7 Å². The molecule has 3 rings (SSSR count). The van der Waals surface area contributed by atoms with Crippen molar-refractivity contribution in [3.8, 4) is 0 Å². The van der Waals surface area contributed by atoms with Gasteiger partial charge >= 0.3 is 0 Å². The summed E-state index contributed by atoms with van der Waals surface area (Å²) in [6.07, 6.45) is 5.79. The van der Waals surface area contributed by atoms with Gasteiger partial charge in [0, 0.05) is 5.57 Å². The summed E-state index contributed by atoms with van der Waals surface area (Å²) >= 11 is 0. The maximum absolute atomic E-state index is 12.0. The zero-order chi connectivity index (χ0) is 15.4. The number of carbonyl (C=O) groups is 2. The van der Waals surface area contributed by atoms with Crippen molar-refractivity contribution in [2.75, 3.05) is 0 Å². The predicted molar refractivity (Wildman–Crippen MR) is 87.2 cm³/mol. The first-order valence-electron chi connectivity index (χ1n) is 7.04. The summed E-state index contributed by atoms with van der Waals surface area (Å²) in [7, 11) is 0. The molecular formula is C20H14O2. The molecule has 0 unspecified atom stereocenters. The summed E-state index contributed by atoms with van der Waals surface area (Å²) < 4.78 is 0. The van der Waals surface area contributed by atoms with Gasteiger partial charge in [0.1, 0.15) is 0 Å². The highest BCUT2D eigenvalue weighted by Crippen LogP contribution is 2.25. The molecule has 2 nitrogen and oxygen atoms in total. The Morgan fingerprint density at radius 1 is 0.727 bits per heavy atom. The van der Waals surface area contributed by atoms with Crippen LogP contribution in [0.5, 0.6) is 0 Å². The van der Waals surface area contributed by atoms with Crippen LogP contribution in [0.3, 0.4) is 0 Å². The van der Waals surface area contributed by atoms with Gasteiger partial charge < -0.3 is 0 Å². The Morgan fingerprint density at radius 3 is 1.82 bits per heavy atom. The molecule has 0 N–H and O–H groups in total. The topological polar surface area (TPSA) is 34.1 Å². The number of benzene rings is 2. The number of hydrogen-bond donors (Lipinski definition) is 0. The zero-order valence-corrected chi connectivity index (χ0v) is 11.9. The molecule has 1 aliphatic rings. The van der Waals surface area contributed by atoms with E-state index in [-0.39, 0.29) is 11.6 Å². The third-order valence-corrected chi connectivity index (χ3v) is 3.45. The molecule has 2 aromatic rings. The van der Waals surface area contributed by atoms with E-state index in [2.05, 4.69) is 0 Å². The Balaban J connectivity index is 2.12. The Kier molecular flexibility index (Phi) is 3.92. The Labute approximate surface area is 129 Å². The van der Waals surface area contributed by atoms with E-state index in [1.54, 1.807) is 6.08 Å². The van der Waals surface area contributed by atoms with Crippen LogP contribution in [-0.4, -0.2) is 11.6 Å². The lowest BCUT2D eigenvalue weighted by Gasteiger charge is -2.10. The van der Waals surface area contributed by atoms with Gasteiger partial charge in [0.25, 0.3) is 0 Å². The Hall–Kier alpha value is -3.00. The van der Waals surface area contributed by atoms with Crippen molar-refractivity contribution in [1.29, 1.82) is 0 Å². The monoisotopic (exact) mass is 286 g/mol. The van der Waals surface area contributed by atoms with Crippen LogP contribution in [0.15, 0.2) is 90.5 Å². The second-order valence-electron chi connectivity index (χ2n) is 4.99. The van der Waals surface area contributed by atoms with Gasteiger partial charge in [-0.3, -0.25) is 9.59 Å². The third kappa shape index (κ3) is 3.01. The average Bonchev–Trinajstić information content (AvgIpc) is 2.57. The van der Waals surface area contributed by atoms with Gasteiger partial charge in [-0.1, -0.05) is 60.7 Å². The maximum Gasteiger partial charge on any atom is 0.186 e. The molecule has 0 fully saturated rings. The van der Waals surface area contributed by atoms with E-state index in [0.29, 0.717) is 5.57 Å². The smallest absolute Gasteiger partial charge is 0.186 e. The largest absolute Gasteiger partial charge is 0.290 e. The van der Waals surface area contributed by atoms with Crippen molar-refractivity contribution in [1.82, 2.24) is 0 Å². The van der Waals surface area contributed by atoms with Gasteiger partial charge in [0.05, 0.1) is 0 Å². The van der Waals surface area contributed by atoms with Crippen LogP contribution in [0.25, 0.3) is 5.57 Å². The van der Waals surface area contributed by atoms with Crippen LogP contribution in [0, 0.1) is 0 Å². The van der Waals surface area contributed by atoms with Crippen LogP contribution in [-0.2, 0) is 9.59 Å². The van der Waals surface area contributed by atoms with E-state index in [1.807, 2.05) is 60.7 Å². The summed E-state index contributed by atoms with van der Waals surface area (Å²) in [4.78, 5) is 23.5. The maximum atomic E-state index is 12.0. The summed E-state index contributed by atoms with van der Waals surface area (Å²) in [5.74, 6) is -0.310. The molecule has 0 saturated heterocycles. The van der Waals surface area contributed by atoms with Crippen LogP contribution in [0.2, 0.25) is 0 Å². The number of allylic oxidation sites excluding steroid dienone is 5. The molecule has 2 heteroatoms. The highest BCUT2D eigenvalue weighted by atomic mass is 16.1. The molecule has 0 aliphatic heterocycles. The fourth-order valence-electron chi connectivity index (χ4n) is 2.36. The van der Waals surface area contributed by atoms with Gasteiger partial charge in [-0.15, -0.1) is 0 Å². The van der Waals surface area contributed by atoms with Crippen molar-refractivity contribution in [2.45, 2.75) is 0 Å². The first-order chi connectivity index (χ1) is 10.7. The van der Waals surface area contributed by atoms with Crippen LogP contribution in [0.4, 0.5) is 0 Å². The molecule has 22 heavy (non-hydrogen) atoms. The van der Waals surface area contributed by atoms with E-state index < -0.39 is 0 Å². The second kappa shape index (κ2) is 6.19. The molecular weight excluding hydrogens is 272 g/mol. The molecule has 0 aromatic heterocycles. The molecule has 1 aliphatic carbocycles. The van der Waals surface area contributed by atoms with Crippen LogP contribution < -0.4 is 0 Å². The summed E-state index contributed by atoms with van der Waals surface area (Å²) in [6, 6.07) is 19.7. The number of ketones is 2. The third-order valence-electron chi connectivity index (χ3n) is 3.45. The molecule has 0 saturated carbocycles. The molecule has 0 atom stereocenters. The lowest BCUT2D eigenvalue weighted by atomic mass is 9.93. The molecule has 0 amide bonds. The normalized spacial score (nSPS) is 13.7. The minimum Gasteiger partial charge on any atom is -0.290 e. The SMILES string of the molecule is O=C1C=CC(=O)C(C=C(c2ccccc2)c2ccccc2)=C1. The van der Waals surface area contributed by atoms with Crippen molar-refractivity contribution in [3.63, 3.8) is 0 Å². The summed E-state index contributed by atoms with van der Waals surface area (Å²) in [6.45, 7) is 0. The van der Waals surface area contributed by atoms with Gasteiger partial charge in [0.15, 0.2) is 11.6 Å². The summed E-state index contributed by atoms with van der Waals surface area (Å²) in [5.41, 5.74) is 3.34. The number of rotatable bonds is 3. The van der Waals surface area contributed by atoms with Gasteiger partial charge in [-0.25, -0.2) is 0 Å². The fraction of sp³-hybridized carbons (Fsp3) is 0. The molecule has 0 bridgehead atoms. The first kappa shape index (κ1) is 14.0. The van der Waals surface area contributed by atoms with E-state index in [4.69, 9.17) is 0 Å². The number of carbonyl (C=O) groups excluding carboxylic acids is 2. The lowest BCUT2D eigenvalue weighted by Crippen LogP contribution is -2.06. The van der Waals surface area contributed by atoms with Crippen molar-refractivity contribution >= 4 is 17.1 Å². The molecule has 2 aromatic carbocycles. The minimum atomic E-state index is -0.161. The quantitative estimate of drug-likeness (QED) is 0.805. The second-order valence-corrected chi connectivity index (χ2v) is 4.99. The Bertz CT molecular complexity index is 753. The molecule has 0 heterocycles. The molecule has 0 spiro atoms. The fourth-order valence-corrected chi connectivity index (χ4v) is 2.36. The predicted octanol–water partition coefficient (Wildman–Crippen LogP) is 3.75. The molecule has 106 valence electrons. The standard InChI is InChI=1S/C20H14O2/c21-18-11-12-20(22)17(13-18)14-19(15-7-3-1-4-8-15)16-9-5-2-6-10-16/h1-14H. The van der Waals surface area contributed by atoms with Gasteiger partial charge in [-0.2, -0.15) is 0 Å². The van der Waals surface area contributed by atoms with E-state index in [9.17, 15) is 9.59 Å². The summed E-state index contributed by atoms with van der Waals surface area (Å²) in [5, 5.41) is 0. The van der Waals surface area contributed by atoms with E-state index >= 15 is 0 Å². The lowest BCUT2D eigenvalue weighted by molar-refractivity contribution is -0.114. The van der Waals surface area contributed by atoms with Crippen LogP contribution in [0.1, 0.15) is 11.1 Å². The van der Waals surface area contributed by atoms with Gasteiger partial charge in [-0.05, 0) is 41.0 Å². The van der Waals surface area contributed by atoms with Gasteiger partial charge in [0.2, 0.25) is 0 Å². The van der Waals surface area contributed by atoms with Crippen LogP contribution >= 0.6 is 0 Å². The Morgan fingerprint density at radius 2 is 1.27 bits per heavy atom.